The van der Waals surface area contributed by atoms with Crippen LogP contribution in [0.1, 0.15) is 43.6 Å². The Hall–Kier alpha value is -4.39. The van der Waals surface area contributed by atoms with Crippen LogP contribution >= 0.6 is 0 Å². The van der Waals surface area contributed by atoms with Crippen LogP contribution < -0.4 is 15.0 Å². The minimum absolute atomic E-state index is 0.225. The third kappa shape index (κ3) is 3.81. The summed E-state index contributed by atoms with van der Waals surface area (Å²) >= 11 is 0. The molecule has 0 saturated heterocycles. The number of aromatic amines is 1. The highest BCUT2D eigenvalue weighted by Crippen LogP contribution is 2.30. The second kappa shape index (κ2) is 8.86. The minimum atomic E-state index is -0.447. The molecule has 2 N–H and O–H groups in total. The van der Waals surface area contributed by atoms with E-state index < -0.39 is 11.8 Å². The summed E-state index contributed by atoms with van der Waals surface area (Å²) in [4.78, 5) is 43.0. The third-order valence-electron chi connectivity index (χ3n) is 5.91. The Balaban J connectivity index is 1.28. The zero-order chi connectivity index (χ0) is 23.7. The highest BCUT2D eigenvalue weighted by molar-refractivity contribution is 6.34. The Morgan fingerprint density at radius 1 is 0.971 bits per heavy atom. The molecule has 5 rings (SSSR count). The van der Waals surface area contributed by atoms with E-state index in [1.807, 2.05) is 37.4 Å². The molecule has 3 amide bonds. The number of nitrogens with zero attached hydrogens (tertiary/aromatic N) is 1. The average molecular weight is 453 g/mol. The second-order valence-electron chi connectivity index (χ2n) is 8.00. The fourth-order valence-electron chi connectivity index (χ4n) is 4.23. The summed E-state index contributed by atoms with van der Waals surface area (Å²) in [5.74, 6) is -0.482. The lowest BCUT2D eigenvalue weighted by Crippen LogP contribution is -2.29. The average Bonchev–Trinajstić information content (AvgIpc) is 3.38. The lowest BCUT2D eigenvalue weighted by atomic mass is 10.1. The van der Waals surface area contributed by atoms with E-state index in [2.05, 4.69) is 10.3 Å². The number of fused-ring (bicyclic) bond motifs is 2. The lowest BCUT2D eigenvalue weighted by Gasteiger charge is -2.14. The second-order valence-corrected chi connectivity index (χ2v) is 8.00. The molecule has 1 aliphatic rings. The number of H-pyrrole nitrogens is 1. The van der Waals surface area contributed by atoms with E-state index in [-0.39, 0.29) is 17.0 Å². The van der Waals surface area contributed by atoms with Gasteiger partial charge in [-0.2, -0.15) is 0 Å². The molecule has 7 nitrogen and oxygen atoms in total. The Labute approximate surface area is 196 Å². The van der Waals surface area contributed by atoms with Crippen LogP contribution in [0.5, 0.6) is 5.75 Å². The number of nitrogens with one attached hydrogen (secondary N) is 2. The number of hydrogen-bond donors (Lipinski definition) is 2. The van der Waals surface area contributed by atoms with Crippen LogP contribution in [0.4, 0.5) is 5.69 Å². The van der Waals surface area contributed by atoms with E-state index in [9.17, 15) is 14.4 Å². The van der Waals surface area contributed by atoms with Gasteiger partial charge >= 0.3 is 0 Å². The molecule has 170 valence electrons. The van der Waals surface area contributed by atoms with Crippen molar-refractivity contribution in [1.29, 1.82) is 0 Å². The molecule has 2 heterocycles. The maximum atomic E-state index is 13.0. The quantitative estimate of drug-likeness (QED) is 0.407. The van der Waals surface area contributed by atoms with E-state index in [1.165, 1.54) is 6.07 Å². The number of amides is 3. The van der Waals surface area contributed by atoms with Crippen molar-refractivity contribution in [3.05, 3.63) is 95.2 Å². The standard InChI is InChI=1S/C27H23N3O4/c1-2-34-20-10-8-19(9-11-20)30-26(32)22-12-7-17(15-23(22)27(30)33)25(31)28-14-13-18-16-29-24-6-4-3-5-21(18)24/h3-12,15-16,29H,2,13-14H2,1H3,(H,28,31). The molecule has 1 aliphatic heterocycles. The van der Waals surface area contributed by atoms with E-state index in [0.29, 0.717) is 36.6 Å². The Kier molecular flexibility index (Phi) is 5.59. The first-order chi connectivity index (χ1) is 16.6. The SMILES string of the molecule is CCOc1ccc(N2C(=O)c3ccc(C(=O)NCCc4c[nH]c5ccccc45)cc3C2=O)cc1. The minimum Gasteiger partial charge on any atom is -0.494 e. The molecular weight excluding hydrogens is 430 g/mol. The van der Waals surface area contributed by atoms with Crippen molar-refractivity contribution >= 4 is 34.3 Å². The van der Waals surface area contributed by atoms with Gasteiger partial charge in [0.05, 0.1) is 23.4 Å². The highest BCUT2D eigenvalue weighted by Gasteiger charge is 2.37. The number of carbonyl (C=O) groups is 3. The van der Waals surface area contributed by atoms with E-state index in [0.717, 1.165) is 21.4 Å². The Morgan fingerprint density at radius 2 is 1.74 bits per heavy atom. The fourth-order valence-corrected chi connectivity index (χ4v) is 4.23. The normalized spacial score (nSPS) is 12.8. The molecule has 0 radical (unpaired) electrons. The van der Waals surface area contributed by atoms with Crippen LogP contribution in [0, 0.1) is 0 Å². The summed E-state index contributed by atoms with van der Waals surface area (Å²) in [7, 11) is 0. The predicted octanol–water partition coefficient (Wildman–Crippen LogP) is 4.34. The number of rotatable bonds is 7. The van der Waals surface area contributed by atoms with Gasteiger partial charge in [-0.25, -0.2) is 4.90 Å². The molecule has 0 saturated carbocycles. The topological polar surface area (TPSA) is 91.5 Å². The first-order valence-electron chi connectivity index (χ1n) is 11.2. The number of imide groups is 1. The first kappa shape index (κ1) is 21.5. The molecule has 0 fully saturated rings. The summed E-state index contributed by atoms with van der Waals surface area (Å²) < 4.78 is 5.42. The van der Waals surface area contributed by atoms with Crippen molar-refractivity contribution in [2.24, 2.45) is 0 Å². The van der Waals surface area contributed by atoms with Crippen molar-refractivity contribution in [3.8, 4) is 5.75 Å². The molecule has 0 bridgehead atoms. The zero-order valence-corrected chi connectivity index (χ0v) is 18.6. The number of ether oxygens (including phenoxy) is 1. The number of para-hydroxylation sites is 1. The van der Waals surface area contributed by atoms with Crippen LogP contribution in [0.15, 0.2) is 72.9 Å². The van der Waals surface area contributed by atoms with Crippen LogP contribution in [0.2, 0.25) is 0 Å². The summed E-state index contributed by atoms with van der Waals surface area (Å²) in [6.45, 7) is 2.86. The van der Waals surface area contributed by atoms with Gasteiger partial charge < -0.3 is 15.0 Å². The predicted molar refractivity (Wildman–Crippen MR) is 130 cm³/mol. The molecule has 4 aromatic rings. The summed E-state index contributed by atoms with van der Waals surface area (Å²) in [6.07, 6.45) is 2.62. The molecule has 0 unspecified atom stereocenters. The van der Waals surface area contributed by atoms with Crippen LogP contribution in [-0.2, 0) is 6.42 Å². The van der Waals surface area contributed by atoms with Gasteiger partial charge in [0.15, 0.2) is 0 Å². The van der Waals surface area contributed by atoms with Crippen LogP contribution in [0.25, 0.3) is 10.9 Å². The molecule has 0 atom stereocenters. The summed E-state index contributed by atoms with van der Waals surface area (Å²) in [5, 5.41) is 4.04. The Bertz CT molecular complexity index is 1410. The molecule has 0 spiro atoms. The van der Waals surface area contributed by atoms with Crippen molar-refractivity contribution in [3.63, 3.8) is 0 Å². The molecule has 1 aromatic heterocycles. The van der Waals surface area contributed by atoms with Gasteiger partial charge in [-0.05, 0) is 67.4 Å². The highest BCUT2D eigenvalue weighted by atomic mass is 16.5. The van der Waals surface area contributed by atoms with Gasteiger partial charge in [-0.3, -0.25) is 14.4 Å². The number of carbonyl (C=O) groups excluding carboxylic acids is 3. The van der Waals surface area contributed by atoms with Crippen molar-refractivity contribution < 1.29 is 19.1 Å². The fraction of sp³-hybridized carbons (Fsp3) is 0.148. The van der Waals surface area contributed by atoms with Gasteiger partial charge in [-0.15, -0.1) is 0 Å². The maximum Gasteiger partial charge on any atom is 0.266 e. The number of hydrogen-bond acceptors (Lipinski definition) is 4. The van der Waals surface area contributed by atoms with E-state index >= 15 is 0 Å². The van der Waals surface area contributed by atoms with Gasteiger partial charge in [-0.1, -0.05) is 18.2 Å². The summed E-state index contributed by atoms with van der Waals surface area (Å²) in [6, 6.07) is 19.4. The molecule has 0 aliphatic carbocycles. The zero-order valence-electron chi connectivity index (χ0n) is 18.6. The van der Waals surface area contributed by atoms with Crippen molar-refractivity contribution in [2.75, 3.05) is 18.1 Å². The van der Waals surface area contributed by atoms with E-state index in [1.54, 1.807) is 36.4 Å². The van der Waals surface area contributed by atoms with Gasteiger partial charge in [0.2, 0.25) is 0 Å². The number of aromatic nitrogens is 1. The van der Waals surface area contributed by atoms with Crippen LogP contribution in [0.3, 0.4) is 0 Å². The summed E-state index contributed by atoms with van der Waals surface area (Å²) in [5.41, 5.74) is 3.49. The van der Waals surface area contributed by atoms with Crippen molar-refractivity contribution in [1.82, 2.24) is 10.3 Å². The number of benzene rings is 3. The van der Waals surface area contributed by atoms with E-state index in [4.69, 9.17) is 4.74 Å². The smallest absolute Gasteiger partial charge is 0.266 e. The van der Waals surface area contributed by atoms with Gasteiger partial charge in [0.1, 0.15) is 5.75 Å². The van der Waals surface area contributed by atoms with Gasteiger partial charge in [0.25, 0.3) is 17.7 Å². The first-order valence-corrected chi connectivity index (χ1v) is 11.2. The lowest BCUT2D eigenvalue weighted by molar-refractivity contribution is 0.0923. The molecular formula is C27H23N3O4. The monoisotopic (exact) mass is 453 g/mol. The third-order valence-corrected chi connectivity index (χ3v) is 5.91. The van der Waals surface area contributed by atoms with Crippen molar-refractivity contribution in [2.45, 2.75) is 13.3 Å². The largest absolute Gasteiger partial charge is 0.494 e. The Morgan fingerprint density at radius 3 is 2.53 bits per heavy atom. The van der Waals surface area contributed by atoms with Gasteiger partial charge in [0, 0.05) is 29.2 Å². The number of anilines is 1. The molecule has 34 heavy (non-hydrogen) atoms. The maximum absolute atomic E-state index is 13.0. The molecule has 7 heteroatoms. The van der Waals surface area contributed by atoms with Crippen LogP contribution in [-0.4, -0.2) is 35.9 Å². The molecule has 3 aromatic carbocycles.